The molecule has 42 heavy (non-hydrogen) atoms. The van der Waals surface area contributed by atoms with Crippen LogP contribution >= 0.6 is 0 Å². The molecule has 214 valence electrons. The van der Waals surface area contributed by atoms with Gasteiger partial charge < -0.3 is 25.2 Å². The minimum Gasteiger partial charge on any atom is -0.494 e. The fourth-order valence-corrected chi connectivity index (χ4v) is 5.48. The number of carbonyl (C=O) groups excluding carboxylic acids is 1. The van der Waals surface area contributed by atoms with Crippen LogP contribution in [0.2, 0.25) is 0 Å². The number of pyridine rings is 1. The average molecular weight is 563 g/mol. The van der Waals surface area contributed by atoms with Crippen molar-refractivity contribution >= 4 is 45.5 Å². The summed E-state index contributed by atoms with van der Waals surface area (Å²) in [7, 11) is 5.87. The van der Waals surface area contributed by atoms with Crippen LogP contribution in [0.3, 0.4) is 0 Å². The van der Waals surface area contributed by atoms with Crippen LogP contribution in [0.1, 0.15) is 12.8 Å². The first-order chi connectivity index (χ1) is 20.4. The summed E-state index contributed by atoms with van der Waals surface area (Å²) in [5, 5.41) is 7.35. The molecule has 0 atom stereocenters. The number of ether oxygens (including phenoxy) is 1. The SMILES string of the molecule is C=CC(=O)Nc1cc(Nc2ncn3cc(-c4cnc5ccccc5c4)cc3n2)c(OC)cc1N1CCC(N(C)C)CC1. The van der Waals surface area contributed by atoms with Gasteiger partial charge in [0.05, 0.1) is 29.7 Å². The van der Waals surface area contributed by atoms with Crippen molar-refractivity contribution in [1.29, 1.82) is 0 Å². The van der Waals surface area contributed by atoms with Crippen LogP contribution in [-0.2, 0) is 4.79 Å². The van der Waals surface area contributed by atoms with E-state index >= 15 is 0 Å². The molecule has 1 amide bonds. The quantitative estimate of drug-likeness (QED) is 0.244. The van der Waals surface area contributed by atoms with E-state index in [1.165, 1.54) is 6.08 Å². The number of aromatic nitrogens is 4. The highest BCUT2D eigenvalue weighted by atomic mass is 16.5. The molecule has 4 heterocycles. The molecule has 1 saturated heterocycles. The molecule has 0 spiro atoms. The zero-order valence-electron chi connectivity index (χ0n) is 24.0. The molecule has 6 rings (SSSR count). The Bertz CT molecular complexity index is 1770. The summed E-state index contributed by atoms with van der Waals surface area (Å²) in [6.07, 6.45) is 8.92. The number of amides is 1. The highest BCUT2D eigenvalue weighted by molar-refractivity contribution is 6.02. The third-order valence-corrected chi connectivity index (χ3v) is 7.82. The smallest absolute Gasteiger partial charge is 0.247 e. The minimum atomic E-state index is -0.280. The first kappa shape index (κ1) is 27.2. The second-order valence-electron chi connectivity index (χ2n) is 10.7. The van der Waals surface area contributed by atoms with Crippen molar-refractivity contribution in [2.75, 3.05) is 49.8 Å². The number of carbonyl (C=O) groups is 1. The van der Waals surface area contributed by atoms with E-state index in [0.29, 0.717) is 29.1 Å². The van der Waals surface area contributed by atoms with Gasteiger partial charge in [0.25, 0.3) is 0 Å². The van der Waals surface area contributed by atoms with Gasteiger partial charge in [0.1, 0.15) is 17.7 Å². The number of nitrogens with one attached hydrogen (secondary N) is 2. The molecule has 10 heteroatoms. The van der Waals surface area contributed by atoms with Gasteiger partial charge in [-0.05, 0) is 57.3 Å². The normalized spacial score (nSPS) is 14.0. The zero-order chi connectivity index (χ0) is 29.2. The Morgan fingerprint density at radius 3 is 2.64 bits per heavy atom. The van der Waals surface area contributed by atoms with E-state index in [9.17, 15) is 4.79 Å². The van der Waals surface area contributed by atoms with E-state index in [1.807, 2.05) is 53.2 Å². The van der Waals surface area contributed by atoms with E-state index in [1.54, 1.807) is 13.4 Å². The third kappa shape index (κ3) is 5.48. The summed E-state index contributed by atoms with van der Waals surface area (Å²) in [6.45, 7) is 5.37. The van der Waals surface area contributed by atoms with Gasteiger partial charge in [-0.15, -0.1) is 0 Å². The van der Waals surface area contributed by atoms with E-state index in [4.69, 9.17) is 9.72 Å². The van der Waals surface area contributed by atoms with Gasteiger partial charge in [-0.1, -0.05) is 24.8 Å². The highest BCUT2D eigenvalue weighted by Gasteiger charge is 2.24. The maximum absolute atomic E-state index is 12.4. The maximum Gasteiger partial charge on any atom is 0.247 e. The number of anilines is 4. The van der Waals surface area contributed by atoms with E-state index < -0.39 is 0 Å². The Hall–Kier alpha value is -4.96. The number of methoxy groups -OCH3 is 1. The fraction of sp³-hybridized carbons (Fsp3) is 0.250. The van der Waals surface area contributed by atoms with Crippen LogP contribution in [-0.4, -0.2) is 70.5 Å². The molecule has 10 nitrogen and oxygen atoms in total. The minimum absolute atomic E-state index is 0.280. The van der Waals surface area contributed by atoms with E-state index in [2.05, 4.69) is 63.2 Å². The molecule has 0 aliphatic carbocycles. The van der Waals surface area contributed by atoms with Crippen molar-refractivity contribution in [2.45, 2.75) is 18.9 Å². The molecule has 0 bridgehead atoms. The first-order valence-corrected chi connectivity index (χ1v) is 14.0. The second-order valence-corrected chi connectivity index (χ2v) is 10.7. The van der Waals surface area contributed by atoms with Gasteiger partial charge >= 0.3 is 0 Å². The predicted molar refractivity (Wildman–Crippen MR) is 168 cm³/mol. The number of rotatable bonds is 8. The van der Waals surface area contributed by atoms with Crippen LogP contribution in [0.4, 0.5) is 23.0 Å². The Balaban J connectivity index is 1.30. The first-order valence-electron chi connectivity index (χ1n) is 14.0. The topological polar surface area (TPSA) is 99.9 Å². The summed E-state index contributed by atoms with van der Waals surface area (Å²) in [5.41, 5.74) is 5.90. The van der Waals surface area contributed by atoms with Gasteiger partial charge in [0.2, 0.25) is 11.9 Å². The van der Waals surface area contributed by atoms with Crippen LogP contribution in [0.25, 0.3) is 27.7 Å². The Kier molecular flexibility index (Phi) is 7.45. The number of piperidine rings is 1. The molecule has 0 unspecified atom stereocenters. The second kappa shape index (κ2) is 11.5. The lowest BCUT2D eigenvalue weighted by Gasteiger charge is -2.37. The fourth-order valence-electron chi connectivity index (χ4n) is 5.48. The van der Waals surface area contributed by atoms with Gasteiger partial charge in [0.15, 0.2) is 0 Å². The van der Waals surface area contributed by atoms with Crippen LogP contribution in [0.15, 0.2) is 79.9 Å². The van der Waals surface area contributed by atoms with Gasteiger partial charge in [0, 0.05) is 54.1 Å². The summed E-state index contributed by atoms with van der Waals surface area (Å²) in [6, 6.07) is 16.5. The standard InChI is InChI=1S/C32H34N8O2/c1-5-31(41)35-26-16-27(29(42-4)17-28(26)39-12-10-24(11-13-39)38(2)3)36-32-34-20-40-19-23(15-30(40)37-32)22-14-21-8-6-7-9-25(21)33-18-22/h5-9,14-20,24H,1,10-13H2,2-4H3,(H,35,41)(H,36,37). The molecule has 2 aromatic carbocycles. The molecule has 3 aromatic heterocycles. The molecular formula is C32H34N8O2. The molecule has 0 radical (unpaired) electrons. The Labute approximate surface area is 244 Å². The number of hydrogen-bond donors (Lipinski definition) is 2. The van der Waals surface area contributed by atoms with Gasteiger partial charge in [-0.25, -0.2) is 4.98 Å². The van der Waals surface area contributed by atoms with Crippen molar-refractivity contribution in [3.8, 4) is 16.9 Å². The number of fused-ring (bicyclic) bond motifs is 2. The molecule has 1 aliphatic rings. The number of nitrogens with zero attached hydrogens (tertiary/aromatic N) is 6. The summed E-state index contributed by atoms with van der Waals surface area (Å²) >= 11 is 0. The molecule has 1 fully saturated rings. The maximum atomic E-state index is 12.4. The molecular weight excluding hydrogens is 528 g/mol. The van der Waals surface area contributed by atoms with E-state index in [-0.39, 0.29) is 5.91 Å². The average Bonchev–Trinajstić information content (AvgIpc) is 3.44. The lowest BCUT2D eigenvalue weighted by molar-refractivity contribution is -0.111. The van der Waals surface area contributed by atoms with Crippen molar-refractivity contribution in [3.05, 3.63) is 79.9 Å². The van der Waals surface area contributed by atoms with Crippen molar-refractivity contribution in [1.82, 2.24) is 24.3 Å². The highest BCUT2D eigenvalue weighted by Crippen LogP contribution is 2.39. The lowest BCUT2D eigenvalue weighted by atomic mass is 10.0. The molecule has 2 N–H and O–H groups in total. The summed E-state index contributed by atoms with van der Waals surface area (Å²) in [5.74, 6) is 0.748. The largest absolute Gasteiger partial charge is 0.494 e. The van der Waals surface area contributed by atoms with Crippen LogP contribution in [0, 0.1) is 0 Å². The van der Waals surface area contributed by atoms with Crippen molar-refractivity contribution in [2.24, 2.45) is 0 Å². The zero-order valence-corrected chi connectivity index (χ0v) is 24.0. The number of hydrogen-bond acceptors (Lipinski definition) is 8. The van der Waals surface area contributed by atoms with E-state index in [0.717, 1.165) is 59.3 Å². The van der Waals surface area contributed by atoms with Crippen LogP contribution < -0.4 is 20.3 Å². The van der Waals surface area contributed by atoms with Gasteiger partial charge in [-0.2, -0.15) is 4.98 Å². The number of para-hydroxylation sites is 1. The van der Waals surface area contributed by atoms with Gasteiger partial charge in [-0.3, -0.25) is 14.2 Å². The van der Waals surface area contributed by atoms with Crippen LogP contribution in [0.5, 0.6) is 5.75 Å². The van der Waals surface area contributed by atoms with Crippen molar-refractivity contribution < 1.29 is 9.53 Å². The monoisotopic (exact) mass is 562 g/mol. The molecule has 1 aliphatic heterocycles. The summed E-state index contributed by atoms with van der Waals surface area (Å²) in [4.78, 5) is 30.8. The Morgan fingerprint density at radius 1 is 1.07 bits per heavy atom. The Morgan fingerprint density at radius 2 is 1.88 bits per heavy atom. The lowest BCUT2D eigenvalue weighted by Crippen LogP contribution is -2.42. The molecule has 0 saturated carbocycles. The third-order valence-electron chi connectivity index (χ3n) is 7.82. The van der Waals surface area contributed by atoms with Crippen molar-refractivity contribution in [3.63, 3.8) is 0 Å². The molecule has 5 aromatic rings. The predicted octanol–water partition coefficient (Wildman–Crippen LogP) is 5.35. The number of benzene rings is 2. The summed E-state index contributed by atoms with van der Waals surface area (Å²) < 4.78 is 7.66.